The van der Waals surface area contributed by atoms with Crippen molar-refractivity contribution in [3.63, 3.8) is 0 Å². The zero-order valence-corrected chi connectivity index (χ0v) is 15.5. The number of benzene rings is 2. The molecule has 4 nitrogen and oxygen atoms in total. The number of anilines is 1. The summed E-state index contributed by atoms with van der Waals surface area (Å²) >= 11 is 1.67. The van der Waals surface area contributed by atoms with Crippen molar-refractivity contribution >= 4 is 23.4 Å². The molecule has 26 heavy (non-hydrogen) atoms. The van der Waals surface area contributed by atoms with Crippen molar-refractivity contribution in [3.8, 4) is 5.69 Å². The Kier molecular flexibility index (Phi) is 4.80. The van der Waals surface area contributed by atoms with Gasteiger partial charge < -0.3 is 4.90 Å². The lowest BCUT2D eigenvalue weighted by Crippen LogP contribution is -2.37. The molecular formula is C21H21N3OS. The fourth-order valence-corrected chi connectivity index (χ4v) is 4.28. The highest BCUT2D eigenvalue weighted by Gasteiger charge is 2.30. The molecule has 4 rings (SSSR count). The molecule has 0 N–H and O–H groups in total. The smallest absolute Gasteiger partial charge is 0.237 e. The number of nitrogens with zero attached hydrogens (tertiary/aromatic N) is 3. The minimum atomic E-state index is 0.195. The molecule has 0 fully saturated rings. The van der Waals surface area contributed by atoms with Crippen LogP contribution in [0.4, 0.5) is 5.69 Å². The van der Waals surface area contributed by atoms with Gasteiger partial charge in [0.25, 0.3) is 0 Å². The first kappa shape index (κ1) is 16.9. The Morgan fingerprint density at radius 2 is 1.96 bits per heavy atom. The Morgan fingerprint density at radius 1 is 1.15 bits per heavy atom. The van der Waals surface area contributed by atoms with E-state index in [1.165, 1.54) is 11.1 Å². The Labute approximate surface area is 157 Å². The van der Waals surface area contributed by atoms with Crippen LogP contribution in [0.1, 0.15) is 18.1 Å². The van der Waals surface area contributed by atoms with Crippen LogP contribution in [-0.4, -0.2) is 27.5 Å². The molecule has 1 aliphatic rings. The van der Waals surface area contributed by atoms with Crippen molar-refractivity contribution < 1.29 is 4.79 Å². The summed E-state index contributed by atoms with van der Waals surface area (Å²) < 4.78 is 1.84. The summed E-state index contributed by atoms with van der Waals surface area (Å²) in [6.45, 7) is 2.12. The Hall–Kier alpha value is -2.53. The number of rotatable bonds is 5. The van der Waals surface area contributed by atoms with Crippen molar-refractivity contribution in [3.05, 3.63) is 78.1 Å². The van der Waals surface area contributed by atoms with Crippen LogP contribution >= 0.6 is 11.8 Å². The number of para-hydroxylation sites is 1. The van der Waals surface area contributed by atoms with Crippen LogP contribution in [0.2, 0.25) is 0 Å². The van der Waals surface area contributed by atoms with E-state index in [0.717, 1.165) is 23.5 Å². The topological polar surface area (TPSA) is 38.1 Å². The fourth-order valence-electron chi connectivity index (χ4n) is 3.44. The van der Waals surface area contributed by atoms with Gasteiger partial charge in [0.1, 0.15) is 0 Å². The maximum absolute atomic E-state index is 12.7. The highest BCUT2D eigenvalue weighted by atomic mass is 32.2. The van der Waals surface area contributed by atoms with Gasteiger partial charge in [-0.2, -0.15) is 5.10 Å². The van der Waals surface area contributed by atoms with E-state index in [0.29, 0.717) is 5.75 Å². The molecule has 0 saturated heterocycles. The van der Waals surface area contributed by atoms with E-state index in [4.69, 9.17) is 0 Å². The summed E-state index contributed by atoms with van der Waals surface area (Å²) in [6.07, 6.45) is 4.64. The minimum absolute atomic E-state index is 0.195. The standard InChI is InChI=1S/C21H21N3OS/c1-16-13-18-5-2-3-6-20(18)24(16)21(25)15-26-14-17-7-9-19(10-8-17)23-12-4-11-22-23/h2-12,16H,13-15H2,1H3/t16-/m0/s1. The van der Waals surface area contributed by atoms with Gasteiger partial charge in [-0.05, 0) is 48.7 Å². The molecule has 0 unspecified atom stereocenters. The summed E-state index contributed by atoms with van der Waals surface area (Å²) in [7, 11) is 0. The number of hydrogen-bond donors (Lipinski definition) is 0. The second kappa shape index (κ2) is 7.38. The number of thioether (sulfide) groups is 1. The second-order valence-corrected chi connectivity index (χ2v) is 7.54. The minimum Gasteiger partial charge on any atom is -0.308 e. The van der Waals surface area contributed by atoms with Crippen molar-refractivity contribution in [1.29, 1.82) is 0 Å². The quantitative estimate of drug-likeness (QED) is 0.685. The first-order valence-electron chi connectivity index (χ1n) is 8.79. The number of carbonyl (C=O) groups is 1. The van der Waals surface area contributed by atoms with E-state index >= 15 is 0 Å². The summed E-state index contributed by atoms with van der Waals surface area (Å²) in [5, 5.41) is 4.23. The molecule has 0 spiro atoms. The van der Waals surface area contributed by atoms with E-state index in [1.807, 2.05) is 34.0 Å². The summed E-state index contributed by atoms with van der Waals surface area (Å²) in [4.78, 5) is 14.7. The number of hydrogen-bond acceptors (Lipinski definition) is 3. The lowest BCUT2D eigenvalue weighted by Gasteiger charge is -2.22. The molecule has 3 aromatic rings. The molecule has 1 aliphatic heterocycles. The zero-order chi connectivity index (χ0) is 17.9. The molecule has 0 bridgehead atoms. The average Bonchev–Trinajstić information content (AvgIpc) is 3.29. The predicted molar refractivity (Wildman–Crippen MR) is 107 cm³/mol. The van der Waals surface area contributed by atoms with E-state index < -0.39 is 0 Å². The zero-order valence-electron chi connectivity index (χ0n) is 14.7. The van der Waals surface area contributed by atoms with Gasteiger partial charge in [-0.15, -0.1) is 11.8 Å². The third-order valence-electron chi connectivity index (χ3n) is 4.68. The third kappa shape index (κ3) is 3.40. The Morgan fingerprint density at radius 3 is 2.73 bits per heavy atom. The van der Waals surface area contributed by atoms with E-state index in [-0.39, 0.29) is 11.9 Å². The van der Waals surface area contributed by atoms with E-state index in [2.05, 4.69) is 48.4 Å². The van der Waals surface area contributed by atoms with Crippen molar-refractivity contribution in [1.82, 2.24) is 9.78 Å². The monoisotopic (exact) mass is 363 g/mol. The number of carbonyl (C=O) groups excluding carboxylic acids is 1. The fraction of sp³-hybridized carbons (Fsp3) is 0.238. The van der Waals surface area contributed by atoms with Gasteiger partial charge >= 0.3 is 0 Å². The van der Waals surface area contributed by atoms with E-state index in [9.17, 15) is 4.79 Å². The van der Waals surface area contributed by atoms with Gasteiger partial charge in [0.05, 0.1) is 11.4 Å². The van der Waals surface area contributed by atoms with Crippen LogP contribution in [0.3, 0.4) is 0 Å². The van der Waals surface area contributed by atoms with Crippen LogP contribution in [-0.2, 0) is 17.0 Å². The van der Waals surface area contributed by atoms with Gasteiger partial charge in [-0.25, -0.2) is 4.68 Å². The van der Waals surface area contributed by atoms with Gasteiger partial charge in [0, 0.05) is 29.9 Å². The molecule has 132 valence electrons. The third-order valence-corrected chi connectivity index (χ3v) is 5.66. The molecule has 0 aliphatic carbocycles. The molecular weight excluding hydrogens is 342 g/mol. The normalized spacial score (nSPS) is 15.9. The molecule has 2 heterocycles. The van der Waals surface area contributed by atoms with Crippen LogP contribution in [0.5, 0.6) is 0 Å². The molecule has 1 aromatic heterocycles. The lowest BCUT2D eigenvalue weighted by atomic mass is 10.1. The van der Waals surface area contributed by atoms with Gasteiger partial charge in [0.15, 0.2) is 0 Å². The SMILES string of the molecule is C[C@H]1Cc2ccccc2N1C(=O)CSCc1ccc(-n2cccn2)cc1. The first-order chi connectivity index (χ1) is 12.7. The van der Waals surface area contributed by atoms with Crippen LogP contribution in [0.15, 0.2) is 67.0 Å². The summed E-state index contributed by atoms with van der Waals surface area (Å²) in [5.41, 5.74) is 4.61. The van der Waals surface area contributed by atoms with Gasteiger partial charge in [0.2, 0.25) is 5.91 Å². The number of fused-ring (bicyclic) bond motifs is 1. The van der Waals surface area contributed by atoms with Crippen LogP contribution < -0.4 is 4.90 Å². The summed E-state index contributed by atoms with van der Waals surface area (Å²) in [5.74, 6) is 1.52. The second-order valence-electron chi connectivity index (χ2n) is 6.56. The van der Waals surface area contributed by atoms with Crippen molar-refractivity contribution in [2.24, 2.45) is 0 Å². The van der Waals surface area contributed by atoms with Crippen molar-refractivity contribution in [2.45, 2.75) is 25.1 Å². The number of aromatic nitrogens is 2. The molecule has 0 saturated carbocycles. The molecule has 0 radical (unpaired) electrons. The highest BCUT2D eigenvalue weighted by molar-refractivity contribution is 7.99. The highest BCUT2D eigenvalue weighted by Crippen LogP contribution is 2.32. The maximum atomic E-state index is 12.7. The van der Waals surface area contributed by atoms with E-state index in [1.54, 1.807) is 18.0 Å². The van der Waals surface area contributed by atoms with Gasteiger partial charge in [-0.3, -0.25) is 4.79 Å². The lowest BCUT2D eigenvalue weighted by molar-refractivity contribution is -0.116. The van der Waals surface area contributed by atoms with Crippen molar-refractivity contribution in [2.75, 3.05) is 10.7 Å². The molecule has 2 aromatic carbocycles. The Balaban J connectivity index is 1.34. The largest absolute Gasteiger partial charge is 0.308 e. The van der Waals surface area contributed by atoms with Crippen LogP contribution in [0.25, 0.3) is 5.69 Å². The molecule has 5 heteroatoms. The number of amides is 1. The molecule has 1 atom stereocenters. The predicted octanol–water partition coefficient (Wildman–Crippen LogP) is 4.08. The van der Waals surface area contributed by atoms with Gasteiger partial charge in [-0.1, -0.05) is 30.3 Å². The Bertz CT molecular complexity index is 890. The average molecular weight is 363 g/mol. The molecule has 1 amide bonds. The van der Waals surface area contributed by atoms with Crippen LogP contribution in [0, 0.1) is 0 Å². The summed E-state index contributed by atoms with van der Waals surface area (Å²) in [6, 6.07) is 18.7. The first-order valence-corrected chi connectivity index (χ1v) is 9.94. The maximum Gasteiger partial charge on any atom is 0.237 e.